The molecule has 0 aromatic rings. The molecule has 0 saturated heterocycles. The zero-order valence-electron chi connectivity index (χ0n) is 9.85. The van der Waals surface area contributed by atoms with Crippen molar-refractivity contribution in [2.45, 2.75) is 45.4 Å². The van der Waals surface area contributed by atoms with Crippen molar-refractivity contribution in [3.05, 3.63) is 0 Å². The van der Waals surface area contributed by atoms with Crippen LogP contribution in [0.3, 0.4) is 0 Å². The lowest BCUT2D eigenvalue weighted by Gasteiger charge is -2.09. The summed E-state index contributed by atoms with van der Waals surface area (Å²) in [5.74, 6) is 1.10. The minimum Gasteiger partial charge on any atom is -0.356 e. The first kappa shape index (κ1) is 12.5. The summed E-state index contributed by atoms with van der Waals surface area (Å²) in [7, 11) is 0. The van der Waals surface area contributed by atoms with Gasteiger partial charge in [-0.25, -0.2) is 0 Å². The molecule has 0 unspecified atom stereocenters. The molecule has 0 aromatic carbocycles. The van der Waals surface area contributed by atoms with Gasteiger partial charge in [-0.05, 0) is 25.8 Å². The molecule has 1 amide bonds. The molecule has 0 atom stereocenters. The van der Waals surface area contributed by atoms with Crippen molar-refractivity contribution >= 4 is 5.91 Å². The van der Waals surface area contributed by atoms with Crippen molar-refractivity contribution in [3.8, 4) is 0 Å². The van der Waals surface area contributed by atoms with Crippen molar-refractivity contribution in [1.29, 1.82) is 0 Å². The van der Waals surface area contributed by atoms with E-state index in [1.165, 1.54) is 32.1 Å². The van der Waals surface area contributed by atoms with E-state index in [0.29, 0.717) is 6.42 Å². The van der Waals surface area contributed by atoms with Gasteiger partial charge in [0.25, 0.3) is 0 Å². The second-order valence-corrected chi connectivity index (χ2v) is 4.39. The average molecular weight is 212 g/mol. The normalized spacial score (nSPS) is 16.9. The highest BCUT2D eigenvalue weighted by atomic mass is 16.1. The maximum absolute atomic E-state index is 11.1. The van der Waals surface area contributed by atoms with Crippen LogP contribution in [0.4, 0.5) is 0 Å². The Bertz CT molecular complexity index is 176. The molecule has 1 rings (SSSR count). The van der Waals surface area contributed by atoms with E-state index in [-0.39, 0.29) is 5.91 Å². The van der Waals surface area contributed by atoms with E-state index in [0.717, 1.165) is 25.6 Å². The van der Waals surface area contributed by atoms with E-state index >= 15 is 0 Å². The summed E-state index contributed by atoms with van der Waals surface area (Å²) in [4.78, 5) is 11.1. The van der Waals surface area contributed by atoms with Gasteiger partial charge in [-0.2, -0.15) is 0 Å². The number of carbonyl (C=O) groups is 1. The van der Waals surface area contributed by atoms with Crippen LogP contribution in [0.15, 0.2) is 0 Å². The Morgan fingerprint density at radius 3 is 2.67 bits per heavy atom. The molecular formula is C12H24N2O. The van der Waals surface area contributed by atoms with E-state index < -0.39 is 0 Å². The topological polar surface area (TPSA) is 41.1 Å². The Labute approximate surface area is 93.0 Å². The predicted molar refractivity (Wildman–Crippen MR) is 62.7 cm³/mol. The lowest BCUT2D eigenvalue weighted by atomic mass is 10.0. The summed E-state index contributed by atoms with van der Waals surface area (Å²) in [5.41, 5.74) is 0. The van der Waals surface area contributed by atoms with Gasteiger partial charge in [-0.3, -0.25) is 4.79 Å². The van der Waals surface area contributed by atoms with Gasteiger partial charge in [-0.1, -0.05) is 25.7 Å². The summed E-state index contributed by atoms with van der Waals surface area (Å²) in [6, 6.07) is 0. The molecule has 0 bridgehead atoms. The number of carbonyl (C=O) groups excluding carboxylic acids is 1. The molecule has 1 aliphatic rings. The number of hydrogen-bond donors (Lipinski definition) is 2. The summed E-state index contributed by atoms with van der Waals surface area (Å²) in [6.45, 7) is 4.58. The standard InChI is InChI=1S/C12H24N2O/c1-2-14-12(15)8-10-13-9-7-11-5-3-4-6-11/h11,13H,2-10H2,1H3,(H,14,15). The summed E-state index contributed by atoms with van der Waals surface area (Å²) in [5, 5.41) is 6.14. The third kappa shape index (κ3) is 5.78. The lowest BCUT2D eigenvalue weighted by Crippen LogP contribution is -2.28. The molecule has 88 valence electrons. The Hall–Kier alpha value is -0.570. The maximum Gasteiger partial charge on any atom is 0.221 e. The van der Waals surface area contributed by atoms with Crippen LogP contribution >= 0.6 is 0 Å². The highest BCUT2D eigenvalue weighted by molar-refractivity contribution is 5.75. The second-order valence-electron chi connectivity index (χ2n) is 4.39. The van der Waals surface area contributed by atoms with Gasteiger partial charge >= 0.3 is 0 Å². The van der Waals surface area contributed by atoms with E-state index in [4.69, 9.17) is 0 Å². The van der Waals surface area contributed by atoms with Gasteiger partial charge in [0.15, 0.2) is 0 Å². The number of hydrogen-bond acceptors (Lipinski definition) is 2. The quantitative estimate of drug-likeness (QED) is 0.630. The van der Waals surface area contributed by atoms with Gasteiger partial charge in [0, 0.05) is 19.5 Å². The molecule has 1 aliphatic carbocycles. The second kappa shape index (κ2) is 7.69. The van der Waals surface area contributed by atoms with Crippen molar-refractivity contribution in [1.82, 2.24) is 10.6 Å². The molecule has 0 radical (unpaired) electrons. The zero-order chi connectivity index (χ0) is 10.9. The van der Waals surface area contributed by atoms with E-state index in [1.54, 1.807) is 0 Å². The van der Waals surface area contributed by atoms with Crippen molar-refractivity contribution < 1.29 is 4.79 Å². The van der Waals surface area contributed by atoms with Crippen LogP contribution in [0.25, 0.3) is 0 Å². The number of amides is 1. The molecule has 1 fully saturated rings. The fourth-order valence-electron chi connectivity index (χ4n) is 2.22. The molecule has 0 spiro atoms. The van der Waals surface area contributed by atoms with Crippen LogP contribution < -0.4 is 10.6 Å². The fourth-order valence-corrected chi connectivity index (χ4v) is 2.22. The monoisotopic (exact) mass is 212 g/mol. The van der Waals surface area contributed by atoms with E-state index in [2.05, 4.69) is 10.6 Å². The van der Waals surface area contributed by atoms with Gasteiger partial charge in [-0.15, -0.1) is 0 Å². The number of rotatable bonds is 7. The molecule has 2 N–H and O–H groups in total. The molecule has 0 aliphatic heterocycles. The SMILES string of the molecule is CCNC(=O)CCNCCC1CCCC1. The molecule has 1 saturated carbocycles. The first-order chi connectivity index (χ1) is 7.33. The lowest BCUT2D eigenvalue weighted by molar-refractivity contribution is -0.120. The summed E-state index contributed by atoms with van der Waals surface area (Å²) < 4.78 is 0. The third-order valence-electron chi connectivity index (χ3n) is 3.11. The van der Waals surface area contributed by atoms with Crippen LogP contribution in [0.2, 0.25) is 0 Å². The molecule has 15 heavy (non-hydrogen) atoms. The molecule has 3 heteroatoms. The van der Waals surface area contributed by atoms with Crippen LogP contribution in [-0.2, 0) is 4.79 Å². The van der Waals surface area contributed by atoms with Crippen LogP contribution in [-0.4, -0.2) is 25.5 Å². The first-order valence-electron chi connectivity index (χ1n) is 6.30. The summed E-state index contributed by atoms with van der Waals surface area (Å²) in [6.07, 6.45) is 7.57. The Kier molecular flexibility index (Phi) is 6.41. The van der Waals surface area contributed by atoms with Gasteiger partial charge in [0.1, 0.15) is 0 Å². The van der Waals surface area contributed by atoms with Crippen LogP contribution in [0, 0.1) is 5.92 Å². The highest BCUT2D eigenvalue weighted by Crippen LogP contribution is 2.26. The predicted octanol–water partition coefficient (Wildman–Crippen LogP) is 1.68. The van der Waals surface area contributed by atoms with Crippen molar-refractivity contribution in [2.24, 2.45) is 5.92 Å². The van der Waals surface area contributed by atoms with E-state index in [1.807, 2.05) is 6.92 Å². The van der Waals surface area contributed by atoms with Gasteiger partial charge in [0.2, 0.25) is 5.91 Å². The maximum atomic E-state index is 11.1. The molecular weight excluding hydrogens is 188 g/mol. The average Bonchev–Trinajstić information content (AvgIpc) is 2.70. The highest BCUT2D eigenvalue weighted by Gasteiger charge is 2.13. The van der Waals surface area contributed by atoms with E-state index in [9.17, 15) is 4.79 Å². The fraction of sp³-hybridized carbons (Fsp3) is 0.917. The zero-order valence-corrected chi connectivity index (χ0v) is 9.85. The van der Waals surface area contributed by atoms with Crippen LogP contribution in [0.5, 0.6) is 0 Å². The summed E-state index contributed by atoms with van der Waals surface area (Å²) >= 11 is 0. The van der Waals surface area contributed by atoms with Crippen LogP contribution in [0.1, 0.15) is 45.4 Å². The molecule has 3 nitrogen and oxygen atoms in total. The minimum atomic E-state index is 0.158. The number of nitrogens with one attached hydrogen (secondary N) is 2. The third-order valence-corrected chi connectivity index (χ3v) is 3.11. The van der Waals surface area contributed by atoms with Crippen molar-refractivity contribution in [2.75, 3.05) is 19.6 Å². The minimum absolute atomic E-state index is 0.158. The largest absolute Gasteiger partial charge is 0.356 e. The smallest absolute Gasteiger partial charge is 0.221 e. The molecule has 0 heterocycles. The van der Waals surface area contributed by atoms with Crippen molar-refractivity contribution in [3.63, 3.8) is 0 Å². The molecule has 0 aromatic heterocycles. The first-order valence-corrected chi connectivity index (χ1v) is 6.30. The Balaban J connectivity index is 1.86. The van der Waals surface area contributed by atoms with Gasteiger partial charge in [0.05, 0.1) is 0 Å². The Morgan fingerprint density at radius 1 is 1.27 bits per heavy atom. The Morgan fingerprint density at radius 2 is 2.00 bits per heavy atom. The van der Waals surface area contributed by atoms with Gasteiger partial charge < -0.3 is 10.6 Å².